The Bertz CT molecular complexity index is 515. The van der Waals surface area contributed by atoms with Crippen LogP contribution in [0.25, 0.3) is 11.1 Å². The molecular formula is C9H8ClN3O. The number of H-pyrrole nitrogens is 2. The zero-order chi connectivity index (χ0) is 10.1. The summed E-state index contributed by atoms with van der Waals surface area (Å²) in [6, 6.07) is 6.97. The van der Waals surface area contributed by atoms with E-state index in [-0.39, 0.29) is 5.56 Å². The fraction of sp³-hybridized carbons (Fsp3) is 0. The second-order valence-corrected chi connectivity index (χ2v) is 3.31. The van der Waals surface area contributed by atoms with Crippen LogP contribution in [0.15, 0.2) is 29.1 Å². The summed E-state index contributed by atoms with van der Waals surface area (Å²) in [4.78, 5) is 11.3. The molecule has 2 rings (SSSR count). The lowest BCUT2D eigenvalue weighted by Gasteiger charge is -1.97. The number of nitrogens with one attached hydrogen (secondary N) is 2. The van der Waals surface area contributed by atoms with E-state index in [1.807, 2.05) is 0 Å². The van der Waals surface area contributed by atoms with Gasteiger partial charge in [-0.2, -0.15) is 0 Å². The fourth-order valence-corrected chi connectivity index (χ4v) is 1.49. The summed E-state index contributed by atoms with van der Waals surface area (Å²) in [5, 5.41) is 5.53. The van der Waals surface area contributed by atoms with Gasteiger partial charge in [0.15, 0.2) is 0 Å². The van der Waals surface area contributed by atoms with Crippen molar-refractivity contribution in [3.63, 3.8) is 0 Å². The van der Waals surface area contributed by atoms with Gasteiger partial charge in [0.2, 0.25) is 0 Å². The molecule has 0 radical (unpaired) electrons. The standard InChI is InChI=1S/C9H8ClN3O/c10-6-3-1-2-5(4-6)7-8(11)12-13-9(7)14/h1-4H,(H4,11,12,13,14). The Hall–Kier alpha value is -1.68. The van der Waals surface area contributed by atoms with Crippen LogP contribution in [0, 0.1) is 0 Å². The van der Waals surface area contributed by atoms with Crippen molar-refractivity contribution in [3.05, 3.63) is 39.6 Å². The fourth-order valence-electron chi connectivity index (χ4n) is 1.30. The Morgan fingerprint density at radius 1 is 1.29 bits per heavy atom. The number of anilines is 1. The van der Waals surface area contributed by atoms with E-state index in [2.05, 4.69) is 10.2 Å². The smallest absolute Gasteiger partial charge is 0.273 e. The molecule has 72 valence electrons. The molecule has 0 saturated heterocycles. The highest BCUT2D eigenvalue weighted by Gasteiger charge is 2.09. The highest BCUT2D eigenvalue weighted by atomic mass is 35.5. The molecule has 14 heavy (non-hydrogen) atoms. The van der Waals surface area contributed by atoms with Gasteiger partial charge < -0.3 is 5.73 Å². The molecule has 0 bridgehead atoms. The van der Waals surface area contributed by atoms with Crippen molar-refractivity contribution in [2.45, 2.75) is 0 Å². The molecule has 0 spiro atoms. The molecule has 1 aromatic heterocycles. The third-order valence-corrected chi connectivity index (χ3v) is 2.16. The third-order valence-electron chi connectivity index (χ3n) is 1.92. The van der Waals surface area contributed by atoms with Gasteiger partial charge in [-0.25, -0.2) is 0 Å². The predicted molar refractivity (Wildman–Crippen MR) is 56.3 cm³/mol. The van der Waals surface area contributed by atoms with Crippen LogP contribution in [0.2, 0.25) is 5.02 Å². The maximum Gasteiger partial charge on any atom is 0.273 e. The van der Waals surface area contributed by atoms with Gasteiger partial charge in [0.1, 0.15) is 5.82 Å². The number of benzene rings is 1. The van der Waals surface area contributed by atoms with Crippen LogP contribution in [0.1, 0.15) is 0 Å². The lowest BCUT2D eigenvalue weighted by molar-refractivity contribution is 1.06. The molecular weight excluding hydrogens is 202 g/mol. The first kappa shape index (κ1) is 8.90. The Morgan fingerprint density at radius 2 is 2.07 bits per heavy atom. The number of halogens is 1. The first-order chi connectivity index (χ1) is 6.68. The van der Waals surface area contributed by atoms with Gasteiger partial charge in [-0.1, -0.05) is 23.7 Å². The number of rotatable bonds is 1. The average Bonchev–Trinajstić information content (AvgIpc) is 2.46. The van der Waals surface area contributed by atoms with Crippen LogP contribution >= 0.6 is 11.6 Å². The van der Waals surface area contributed by atoms with Crippen LogP contribution in [-0.4, -0.2) is 10.2 Å². The number of nitrogens with two attached hydrogens (primary N) is 1. The minimum absolute atomic E-state index is 0.246. The normalized spacial score (nSPS) is 10.4. The maximum atomic E-state index is 11.3. The summed E-state index contributed by atoms with van der Waals surface area (Å²) in [6.07, 6.45) is 0. The van der Waals surface area contributed by atoms with Crippen molar-refractivity contribution >= 4 is 17.4 Å². The molecule has 0 unspecified atom stereocenters. The van der Waals surface area contributed by atoms with E-state index in [0.717, 1.165) is 0 Å². The van der Waals surface area contributed by atoms with Crippen molar-refractivity contribution in [1.82, 2.24) is 10.2 Å². The highest BCUT2D eigenvalue weighted by molar-refractivity contribution is 6.30. The second-order valence-electron chi connectivity index (χ2n) is 2.88. The molecule has 0 amide bonds. The first-order valence-corrected chi connectivity index (χ1v) is 4.38. The van der Waals surface area contributed by atoms with E-state index >= 15 is 0 Å². The van der Waals surface area contributed by atoms with Crippen molar-refractivity contribution in [2.24, 2.45) is 0 Å². The highest BCUT2D eigenvalue weighted by Crippen LogP contribution is 2.22. The van der Waals surface area contributed by atoms with Crippen molar-refractivity contribution in [2.75, 3.05) is 5.73 Å². The topological polar surface area (TPSA) is 74.7 Å². The molecule has 1 heterocycles. The SMILES string of the molecule is Nc1[nH][nH]c(=O)c1-c1cccc(Cl)c1. The minimum atomic E-state index is -0.246. The van der Waals surface area contributed by atoms with Gasteiger partial charge in [0.25, 0.3) is 5.56 Å². The zero-order valence-electron chi connectivity index (χ0n) is 7.17. The van der Waals surface area contributed by atoms with Gasteiger partial charge in [-0.05, 0) is 17.7 Å². The quantitative estimate of drug-likeness (QED) is 0.668. The average molecular weight is 210 g/mol. The number of nitrogen functional groups attached to an aromatic ring is 1. The van der Waals surface area contributed by atoms with Crippen LogP contribution in [0.5, 0.6) is 0 Å². The van der Waals surface area contributed by atoms with Gasteiger partial charge in [0.05, 0.1) is 5.56 Å². The van der Waals surface area contributed by atoms with Crippen molar-refractivity contribution < 1.29 is 0 Å². The van der Waals surface area contributed by atoms with Crippen LogP contribution in [0.3, 0.4) is 0 Å². The van der Waals surface area contributed by atoms with Gasteiger partial charge >= 0.3 is 0 Å². The Labute approximate surface area is 84.7 Å². The second kappa shape index (κ2) is 3.23. The molecule has 0 aliphatic carbocycles. The van der Waals surface area contributed by atoms with E-state index < -0.39 is 0 Å². The molecule has 4 N–H and O–H groups in total. The predicted octanol–water partition coefficient (Wildman–Crippen LogP) is 1.61. The monoisotopic (exact) mass is 209 g/mol. The Balaban J connectivity index is 2.66. The lowest BCUT2D eigenvalue weighted by Crippen LogP contribution is -2.02. The minimum Gasteiger partial charge on any atom is -0.383 e. The molecule has 5 heteroatoms. The molecule has 0 saturated carbocycles. The van der Waals surface area contributed by atoms with Gasteiger partial charge in [-0.15, -0.1) is 0 Å². The molecule has 2 aromatic rings. The van der Waals surface area contributed by atoms with Crippen LogP contribution in [-0.2, 0) is 0 Å². The zero-order valence-corrected chi connectivity index (χ0v) is 7.93. The number of aromatic nitrogens is 2. The summed E-state index contributed by atoms with van der Waals surface area (Å²) in [7, 11) is 0. The number of hydrogen-bond acceptors (Lipinski definition) is 2. The molecule has 1 aromatic carbocycles. The van der Waals surface area contributed by atoms with E-state index in [1.165, 1.54) is 0 Å². The first-order valence-electron chi connectivity index (χ1n) is 4.00. The largest absolute Gasteiger partial charge is 0.383 e. The van der Waals surface area contributed by atoms with Crippen molar-refractivity contribution in [3.8, 4) is 11.1 Å². The maximum absolute atomic E-state index is 11.3. The van der Waals surface area contributed by atoms with E-state index in [0.29, 0.717) is 22.0 Å². The van der Waals surface area contributed by atoms with Crippen LogP contribution in [0.4, 0.5) is 5.82 Å². The molecule has 0 atom stereocenters. The summed E-state index contributed by atoms with van der Waals surface area (Å²) in [6.45, 7) is 0. The molecule has 0 aliphatic rings. The van der Waals surface area contributed by atoms with E-state index in [4.69, 9.17) is 17.3 Å². The number of aromatic amines is 2. The summed E-state index contributed by atoms with van der Waals surface area (Å²) < 4.78 is 0. The number of hydrogen-bond donors (Lipinski definition) is 3. The van der Waals surface area contributed by atoms with Gasteiger partial charge in [0, 0.05) is 5.02 Å². The van der Waals surface area contributed by atoms with Gasteiger partial charge in [-0.3, -0.25) is 15.0 Å². The molecule has 4 nitrogen and oxygen atoms in total. The van der Waals surface area contributed by atoms with Crippen molar-refractivity contribution in [1.29, 1.82) is 0 Å². The Kier molecular flexibility index (Phi) is 2.05. The lowest BCUT2D eigenvalue weighted by atomic mass is 10.1. The summed E-state index contributed by atoms with van der Waals surface area (Å²) in [5.41, 5.74) is 6.48. The van der Waals surface area contributed by atoms with E-state index in [9.17, 15) is 4.79 Å². The van der Waals surface area contributed by atoms with Crippen LogP contribution < -0.4 is 11.3 Å². The molecule has 0 fully saturated rings. The summed E-state index contributed by atoms with van der Waals surface area (Å²) in [5.74, 6) is 0.317. The Morgan fingerprint density at radius 3 is 2.64 bits per heavy atom. The molecule has 0 aliphatic heterocycles. The third kappa shape index (κ3) is 1.40. The summed E-state index contributed by atoms with van der Waals surface area (Å²) >= 11 is 5.80. The van der Waals surface area contributed by atoms with E-state index in [1.54, 1.807) is 24.3 Å².